The fraction of sp³-hybridized carbons (Fsp3) is 0.172. The molecule has 6 rings (SSSR count). The Morgan fingerprint density at radius 3 is 2.76 bits per heavy atom. The maximum Gasteiger partial charge on any atom is 0.246 e. The molecule has 0 saturated carbocycles. The number of benzene rings is 2. The Hall–Kier alpha value is -5.59. The van der Waals surface area contributed by atoms with Crippen molar-refractivity contribution in [3.05, 3.63) is 79.3 Å². The number of pyridine rings is 1. The van der Waals surface area contributed by atoms with Crippen molar-refractivity contribution >= 4 is 45.6 Å². The smallest absolute Gasteiger partial charge is 0.246 e. The number of aromatic nitrogens is 5. The fourth-order valence-corrected chi connectivity index (χ4v) is 4.86. The molecule has 1 aliphatic heterocycles. The second-order valence-corrected chi connectivity index (χ2v) is 9.45. The first kappa shape index (κ1) is 26.6. The molecule has 0 bridgehead atoms. The van der Waals surface area contributed by atoms with Crippen LogP contribution in [0.5, 0.6) is 17.2 Å². The maximum absolute atomic E-state index is 15.7. The number of nitrogens with one attached hydrogen (secondary N) is 1. The highest BCUT2D eigenvalue weighted by Crippen LogP contribution is 2.41. The number of hydrogen-bond donors (Lipinski definition) is 1. The van der Waals surface area contributed by atoms with Crippen LogP contribution in [0.15, 0.2) is 67.9 Å². The van der Waals surface area contributed by atoms with E-state index in [4.69, 9.17) is 9.47 Å². The van der Waals surface area contributed by atoms with Crippen LogP contribution in [0.2, 0.25) is 0 Å². The standard InChI is InChI=1S/C29H25FN8O4/c1-4-24(39)36-11-12-37(25(40)14-36)21-7-5-19-26(28(21)41-3)29(33-15-31-19)35-20-6-8-22(17(2)27(20)30)42-18-9-10-38-23(13-18)32-16-34-38/h4-10,13,15-16H,1,11-12,14H2,2-3H3,(H,31,33,35). The number of nitrogens with zero attached hydrogens (tertiary/aromatic N) is 7. The molecule has 1 N–H and O–H groups in total. The number of methoxy groups -OCH3 is 1. The second kappa shape index (κ2) is 10.8. The zero-order valence-electron chi connectivity index (χ0n) is 22.7. The third-order valence-electron chi connectivity index (χ3n) is 7.01. The average Bonchev–Trinajstić information content (AvgIpc) is 3.48. The number of piperazine rings is 1. The lowest BCUT2D eigenvalue weighted by molar-refractivity contribution is -0.133. The summed E-state index contributed by atoms with van der Waals surface area (Å²) in [7, 11) is 1.48. The van der Waals surface area contributed by atoms with Gasteiger partial charge in [-0.05, 0) is 43.3 Å². The van der Waals surface area contributed by atoms with Crippen LogP contribution in [-0.2, 0) is 9.59 Å². The summed E-state index contributed by atoms with van der Waals surface area (Å²) in [5, 5.41) is 7.59. The van der Waals surface area contributed by atoms with Gasteiger partial charge < -0.3 is 24.6 Å². The van der Waals surface area contributed by atoms with Crippen molar-refractivity contribution in [1.29, 1.82) is 0 Å². The minimum atomic E-state index is -0.531. The van der Waals surface area contributed by atoms with Crippen LogP contribution in [0.4, 0.5) is 21.6 Å². The van der Waals surface area contributed by atoms with Crippen molar-refractivity contribution in [3.63, 3.8) is 0 Å². The third-order valence-corrected chi connectivity index (χ3v) is 7.01. The van der Waals surface area contributed by atoms with Crippen molar-refractivity contribution in [3.8, 4) is 17.2 Å². The SMILES string of the molecule is C=CC(=O)N1CCN(c2ccc3ncnc(Nc4ccc(Oc5ccn6ncnc6c5)c(C)c4F)c3c2OC)C(=O)C1. The third kappa shape index (κ3) is 4.70. The minimum Gasteiger partial charge on any atom is -0.494 e. The van der Waals surface area contributed by atoms with E-state index in [2.05, 4.69) is 31.9 Å². The van der Waals surface area contributed by atoms with Gasteiger partial charge in [-0.25, -0.2) is 23.9 Å². The number of amides is 2. The summed E-state index contributed by atoms with van der Waals surface area (Å²) in [6.07, 6.45) is 5.68. The molecule has 4 heterocycles. The van der Waals surface area contributed by atoms with Crippen LogP contribution in [0.25, 0.3) is 16.6 Å². The molecule has 0 aliphatic carbocycles. The van der Waals surface area contributed by atoms with Gasteiger partial charge in [-0.2, -0.15) is 5.10 Å². The number of hydrogen-bond acceptors (Lipinski definition) is 9. The van der Waals surface area contributed by atoms with Crippen molar-refractivity contribution in [2.75, 3.05) is 37.0 Å². The van der Waals surface area contributed by atoms with Gasteiger partial charge in [0.25, 0.3) is 0 Å². The molecule has 5 aromatic rings. The molecular weight excluding hydrogens is 543 g/mol. The van der Waals surface area contributed by atoms with Gasteiger partial charge in [0.15, 0.2) is 17.2 Å². The molecule has 1 saturated heterocycles. The van der Waals surface area contributed by atoms with Gasteiger partial charge in [-0.15, -0.1) is 0 Å². The molecule has 0 atom stereocenters. The van der Waals surface area contributed by atoms with Crippen LogP contribution in [-0.4, -0.2) is 68.0 Å². The first-order valence-electron chi connectivity index (χ1n) is 12.9. The van der Waals surface area contributed by atoms with Crippen LogP contribution >= 0.6 is 0 Å². The van der Waals surface area contributed by atoms with E-state index in [9.17, 15) is 9.59 Å². The van der Waals surface area contributed by atoms with Crippen molar-refractivity contribution in [2.45, 2.75) is 6.92 Å². The topological polar surface area (TPSA) is 127 Å². The van der Waals surface area contributed by atoms with Crippen LogP contribution in [0.3, 0.4) is 0 Å². The quantitative estimate of drug-likeness (QED) is 0.290. The van der Waals surface area contributed by atoms with Gasteiger partial charge in [-0.3, -0.25) is 9.59 Å². The van der Waals surface area contributed by atoms with Crippen LogP contribution in [0, 0.1) is 12.7 Å². The van der Waals surface area contributed by atoms with E-state index < -0.39 is 5.82 Å². The summed E-state index contributed by atoms with van der Waals surface area (Å²) in [5.74, 6) is 0.337. The number of fused-ring (bicyclic) bond motifs is 2. The molecule has 0 radical (unpaired) electrons. The Morgan fingerprint density at radius 2 is 1.98 bits per heavy atom. The monoisotopic (exact) mass is 568 g/mol. The van der Waals surface area contributed by atoms with Gasteiger partial charge in [-0.1, -0.05) is 6.58 Å². The van der Waals surface area contributed by atoms with Crippen molar-refractivity contribution in [1.82, 2.24) is 29.5 Å². The maximum atomic E-state index is 15.7. The van der Waals surface area contributed by atoms with E-state index >= 15 is 4.39 Å². The molecule has 1 aliphatic rings. The van der Waals surface area contributed by atoms with Gasteiger partial charge in [0.2, 0.25) is 11.8 Å². The number of carbonyl (C=O) groups excluding carboxylic acids is 2. The van der Waals surface area contributed by atoms with E-state index in [0.717, 1.165) is 0 Å². The van der Waals surface area contributed by atoms with Crippen molar-refractivity contribution in [2.24, 2.45) is 0 Å². The molecule has 3 aromatic heterocycles. The summed E-state index contributed by atoms with van der Waals surface area (Å²) < 4.78 is 29.0. The molecule has 0 spiro atoms. The molecule has 1 fully saturated rings. The van der Waals surface area contributed by atoms with Crippen molar-refractivity contribution < 1.29 is 23.5 Å². The highest BCUT2D eigenvalue weighted by molar-refractivity contribution is 6.06. The lowest BCUT2D eigenvalue weighted by Gasteiger charge is -2.34. The van der Waals surface area contributed by atoms with E-state index in [1.807, 2.05) is 0 Å². The summed E-state index contributed by atoms with van der Waals surface area (Å²) >= 11 is 0. The van der Waals surface area contributed by atoms with Crippen LogP contribution < -0.4 is 19.7 Å². The lowest BCUT2D eigenvalue weighted by Crippen LogP contribution is -2.52. The molecule has 12 nitrogen and oxygen atoms in total. The lowest BCUT2D eigenvalue weighted by atomic mass is 10.1. The number of rotatable bonds is 7. The van der Waals surface area contributed by atoms with Gasteiger partial charge in [0.05, 0.1) is 29.4 Å². The summed E-state index contributed by atoms with van der Waals surface area (Å²) in [4.78, 5) is 40.9. The number of carbonyl (C=O) groups is 2. The molecule has 2 aromatic carbocycles. The second-order valence-electron chi connectivity index (χ2n) is 9.45. The molecule has 2 amide bonds. The first-order valence-corrected chi connectivity index (χ1v) is 12.9. The predicted octanol–water partition coefficient (Wildman–Crippen LogP) is 4.03. The Kier molecular flexibility index (Phi) is 6.82. The molecule has 13 heteroatoms. The molecule has 0 unspecified atom stereocenters. The summed E-state index contributed by atoms with van der Waals surface area (Å²) in [5.41, 5.74) is 2.06. The van der Waals surface area contributed by atoms with E-state index in [1.165, 1.54) is 30.7 Å². The molecule has 42 heavy (non-hydrogen) atoms. The summed E-state index contributed by atoms with van der Waals surface area (Å²) in [6, 6.07) is 10.1. The largest absolute Gasteiger partial charge is 0.494 e. The number of halogens is 1. The number of ether oxygens (including phenoxy) is 2. The summed E-state index contributed by atoms with van der Waals surface area (Å²) in [6.45, 7) is 5.61. The van der Waals surface area contributed by atoms with Gasteiger partial charge in [0, 0.05) is 30.9 Å². The average molecular weight is 569 g/mol. The highest BCUT2D eigenvalue weighted by Gasteiger charge is 2.30. The molecule has 212 valence electrons. The minimum absolute atomic E-state index is 0.0891. The van der Waals surface area contributed by atoms with E-state index in [1.54, 1.807) is 58.9 Å². The first-order chi connectivity index (χ1) is 20.4. The van der Waals surface area contributed by atoms with Gasteiger partial charge in [0.1, 0.15) is 36.5 Å². The Bertz CT molecular complexity index is 1870. The Labute approximate surface area is 239 Å². The zero-order valence-corrected chi connectivity index (χ0v) is 22.7. The normalized spacial score (nSPS) is 13.5. The van der Waals surface area contributed by atoms with E-state index in [-0.39, 0.29) is 42.0 Å². The zero-order chi connectivity index (χ0) is 29.4. The van der Waals surface area contributed by atoms with Gasteiger partial charge >= 0.3 is 0 Å². The highest BCUT2D eigenvalue weighted by atomic mass is 19.1. The van der Waals surface area contributed by atoms with Crippen LogP contribution in [0.1, 0.15) is 5.56 Å². The predicted molar refractivity (Wildman–Crippen MR) is 153 cm³/mol. The Balaban J connectivity index is 1.32. The Morgan fingerprint density at radius 1 is 1.12 bits per heavy atom. The molecular formula is C29H25FN8O4. The number of anilines is 3. The van der Waals surface area contributed by atoms with E-state index in [0.29, 0.717) is 46.0 Å². The fourth-order valence-electron chi connectivity index (χ4n) is 4.86.